The van der Waals surface area contributed by atoms with Crippen molar-refractivity contribution in [2.75, 3.05) is 26.2 Å². The van der Waals surface area contributed by atoms with E-state index in [1.165, 1.54) is 0 Å². The summed E-state index contributed by atoms with van der Waals surface area (Å²) in [7, 11) is 0. The Balaban J connectivity index is 1.61. The Hall–Kier alpha value is -1.56. The molecule has 1 heterocycles. The molecule has 3 amide bonds. The number of carbonyl (C=O) groups excluding carboxylic acids is 2. The standard InChI is InChI=1S/C14H18BrN3O2/c15-12-5-1-4-11(10-12)13(19)16-6-2-7-17-14(20)18-8-3-9-18/h1,4-5,10H,2-3,6-9H2,(H,16,19)(H,17,20). The molecule has 0 radical (unpaired) electrons. The predicted octanol–water partition coefficient (Wildman–Crippen LogP) is 1.98. The lowest BCUT2D eigenvalue weighted by Crippen LogP contribution is -2.48. The normalized spacial score (nSPS) is 13.6. The number of halogens is 1. The lowest BCUT2D eigenvalue weighted by molar-refractivity contribution is 0.0953. The molecule has 1 aromatic carbocycles. The lowest BCUT2D eigenvalue weighted by atomic mass is 10.2. The molecule has 1 saturated heterocycles. The Morgan fingerprint density at radius 3 is 2.60 bits per heavy atom. The molecular weight excluding hydrogens is 322 g/mol. The van der Waals surface area contributed by atoms with Crippen LogP contribution in [0, 0.1) is 0 Å². The molecular formula is C14H18BrN3O2. The van der Waals surface area contributed by atoms with Crippen molar-refractivity contribution in [3.63, 3.8) is 0 Å². The van der Waals surface area contributed by atoms with Gasteiger partial charge in [-0.15, -0.1) is 0 Å². The van der Waals surface area contributed by atoms with Crippen molar-refractivity contribution in [3.05, 3.63) is 34.3 Å². The molecule has 0 spiro atoms. The minimum Gasteiger partial charge on any atom is -0.352 e. The molecule has 6 heteroatoms. The molecule has 2 N–H and O–H groups in total. The fraction of sp³-hybridized carbons (Fsp3) is 0.429. The van der Waals surface area contributed by atoms with Crippen molar-refractivity contribution in [2.45, 2.75) is 12.8 Å². The van der Waals surface area contributed by atoms with Crippen LogP contribution in [0.4, 0.5) is 4.79 Å². The van der Waals surface area contributed by atoms with Crippen LogP contribution in [0.1, 0.15) is 23.2 Å². The molecule has 5 nitrogen and oxygen atoms in total. The molecule has 0 atom stereocenters. The Morgan fingerprint density at radius 2 is 1.95 bits per heavy atom. The van der Waals surface area contributed by atoms with Crippen molar-refractivity contribution in [1.82, 2.24) is 15.5 Å². The Bertz CT molecular complexity index is 489. The van der Waals surface area contributed by atoms with Crippen LogP contribution in [0.3, 0.4) is 0 Å². The van der Waals surface area contributed by atoms with Crippen LogP contribution in [0.15, 0.2) is 28.7 Å². The maximum Gasteiger partial charge on any atom is 0.317 e. The first-order chi connectivity index (χ1) is 9.66. The Kier molecular flexibility index (Phi) is 5.40. The molecule has 1 aliphatic heterocycles. The summed E-state index contributed by atoms with van der Waals surface area (Å²) in [6, 6.07) is 7.25. The van der Waals surface area contributed by atoms with E-state index in [9.17, 15) is 9.59 Å². The first kappa shape index (κ1) is 14.8. The van der Waals surface area contributed by atoms with Gasteiger partial charge in [0.05, 0.1) is 0 Å². The van der Waals surface area contributed by atoms with Crippen molar-refractivity contribution < 1.29 is 9.59 Å². The number of benzene rings is 1. The summed E-state index contributed by atoms with van der Waals surface area (Å²) >= 11 is 3.33. The van der Waals surface area contributed by atoms with Crippen molar-refractivity contribution >= 4 is 27.9 Å². The first-order valence-corrected chi connectivity index (χ1v) is 7.52. The SMILES string of the molecule is O=C(NCCCNC(=O)N1CCC1)c1cccc(Br)c1. The second-order valence-corrected chi connectivity index (χ2v) is 5.61. The van der Waals surface area contributed by atoms with Crippen LogP contribution in [0.5, 0.6) is 0 Å². The third-order valence-corrected chi connectivity index (χ3v) is 3.64. The van der Waals surface area contributed by atoms with Crippen LogP contribution >= 0.6 is 15.9 Å². The van der Waals surface area contributed by atoms with Gasteiger partial charge in [-0.1, -0.05) is 22.0 Å². The van der Waals surface area contributed by atoms with Gasteiger partial charge in [-0.05, 0) is 31.0 Å². The third-order valence-electron chi connectivity index (χ3n) is 3.15. The molecule has 1 aromatic rings. The highest BCUT2D eigenvalue weighted by Gasteiger charge is 2.18. The minimum atomic E-state index is -0.0969. The zero-order valence-corrected chi connectivity index (χ0v) is 12.8. The van der Waals surface area contributed by atoms with Crippen LogP contribution in [-0.2, 0) is 0 Å². The van der Waals surface area contributed by atoms with Gasteiger partial charge >= 0.3 is 6.03 Å². The van der Waals surface area contributed by atoms with E-state index >= 15 is 0 Å². The number of hydrogen-bond donors (Lipinski definition) is 2. The van der Waals surface area contributed by atoms with E-state index in [1.54, 1.807) is 17.0 Å². The highest BCUT2D eigenvalue weighted by atomic mass is 79.9. The van der Waals surface area contributed by atoms with Crippen molar-refractivity contribution in [3.8, 4) is 0 Å². The van der Waals surface area contributed by atoms with Gasteiger partial charge in [-0.2, -0.15) is 0 Å². The van der Waals surface area contributed by atoms with Gasteiger partial charge in [-0.25, -0.2) is 4.79 Å². The molecule has 0 saturated carbocycles. The molecule has 20 heavy (non-hydrogen) atoms. The third kappa shape index (κ3) is 4.23. The monoisotopic (exact) mass is 339 g/mol. The zero-order valence-electron chi connectivity index (χ0n) is 11.2. The number of urea groups is 1. The maximum atomic E-state index is 11.8. The molecule has 0 unspecified atom stereocenters. The smallest absolute Gasteiger partial charge is 0.317 e. The fourth-order valence-corrected chi connectivity index (χ4v) is 2.25. The van der Waals surface area contributed by atoms with Gasteiger partial charge in [0, 0.05) is 36.2 Å². The van der Waals surface area contributed by atoms with Gasteiger partial charge in [0.1, 0.15) is 0 Å². The Labute approximate surface area is 126 Å². The van der Waals surface area contributed by atoms with Crippen molar-refractivity contribution in [1.29, 1.82) is 0 Å². The maximum absolute atomic E-state index is 11.8. The number of nitrogens with zero attached hydrogens (tertiary/aromatic N) is 1. The molecule has 1 fully saturated rings. The lowest BCUT2D eigenvalue weighted by Gasteiger charge is -2.30. The summed E-state index contributed by atoms with van der Waals surface area (Å²) in [6.07, 6.45) is 1.81. The number of amides is 3. The van der Waals surface area contributed by atoms with Gasteiger partial charge < -0.3 is 15.5 Å². The molecule has 108 valence electrons. The van der Waals surface area contributed by atoms with E-state index in [-0.39, 0.29) is 11.9 Å². The summed E-state index contributed by atoms with van der Waals surface area (Å²) in [5.41, 5.74) is 0.629. The van der Waals surface area contributed by atoms with Crippen LogP contribution in [0.25, 0.3) is 0 Å². The molecule has 1 aliphatic rings. The van der Waals surface area contributed by atoms with Gasteiger partial charge in [0.25, 0.3) is 5.91 Å². The quantitative estimate of drug-likeness (QED) is 0.806. The number of rotatable bonds is 5. The Morgan fingerprint density at radius 1 is 1.20 bits per heavy atom. The molecule has 0 aromatic heterocycles. The topological polar surface area (TPSA) is 61.4 Å². The van der Waals surface area contributed by atoms with E-state index in [4.69, 9.17) is 0 Å². The molecule has 2 rings (SSSR count). The van der Waals surface area contributed by atoms with Gasteiger partial charge in [0.2, 0.25) is 0 Å². The van der Waals surface area contributed by atoms with Gasteiger partial charge in [0.15, 0.2) is 0 Å². The highest BCUT2D eigenvalue weighted by molar-refractivity contribution is 9.10. The van der Waals surface area contributed by atoms with Crippen LogP contribution in [0.2, 0.25) is 0 Å². The largest absolute Gasteiger partial charge is 0.352 e. The van der Waals surface area contributed by atoms with E-state index < -0.39 is 0 Å². The summed E-state index contributed by atoms with van der Waals surface area (Å²) in [4.78, 5) is 25.1. The average Bonchev–Trinajstić information content (AvgIpc) is 2.36. The second kappa shape index (κ2) is 7.28. The van der Waals surface area contributed by atoms with E-state index in [1.807, 2.05) is 12.1 Å². The number of likely N-dealkylation sites (tertiary alicyclic amines) is 1. The average molecular weight is 340 g/mol. The fourth-order valence-electron chi connectivity index (χ4n) is 1.85. The summed E-state index contributed by atoms with van der Waals surface area (Å²) < 4.78 is 0.881. The highest BCUT2D eigenvalue weighted by Crippen LogP contribution is 2.11. The van der Waals surface area contributed by atoms with Crippen LogP contribution in [-0.4, -0.2) is 43.0 Å². The summed E-state index contributed by atoms with van der Waals surface area (Å²) in [5, 5.41) is 5.67. The van der Waals surface area contributed by atoms with E-state index in [0.717, 1.165) is 30.4 Å². The predicted molar refractivity (Wildman–Crippen MR) is 80.7 cm³/mol. The summed E-state index contributed by atoms with van der Waals surface area (Å²) in [6.45, 7) is 2.83. The molecule has 0 bridgehead atoms. The van der Waals surface area contributed by atoms with Crippen LogP contribution < -0.4 is 10.6 Å². The summed E-state index contributed by atoms with van der Waals surface area (Å²) in [5.74, 6) is -0.0969. The second-order valence-electron chi connectivity index (χ2n) is 4.69. The molecule has 0 aliphatic carbocycles. The van der Waals surface area contributed by atoms with Crippen molar-refractivity contribution in [2.24, 2.45) is 0 Å². The number of hydrogen-bond acceptors (Lipinski definition) is 2. The minimum absolute atomic E-state index is 0.00503. The zero-order chi connectivity index (χ0) is 14.4. The van der Waals surface area contributed by atoms with E-state index in [2.05, 4.69) is 26.6 Å². The number of carbonyl (C=O) groups is 2. The number of nitrogens with one attached hydrogen (secondary N) is 2. The van der Waals surface area contributed by atoms with Gasteiger partial charge in [-0.3, -0.25) is 4.79 Å². The van der Waals surface area contributed by atoms with E-state index in [0.29, 0.717) is 18.7 Å². The first-order valence-electron chi connectivity index (χ1n) is 6.73.